The molecule has 1 aromatic heterocycles. The summed E-state index contributed by atoms with van der Waals surface area (Å²) < 4.78 is 17.2. The van der Waals surface area contributed by atoms with Gasteiger partial charge in [0, 0.05) is 18.5 Å². The van der Waals surface area contributed by atoms with Crippen molar-refractivity contribution in [3.8, 4) is 11.5 Å². The van der Waals surface area contributed by atoms with Crippen molar-refractivity contribution < 1.29 is 18.8 Å². The highest BCUT2D eigenvalue weighted by Gasteiger charge is 2.41. The van der Waals surface area contributed by atoms with Gasteiger partial charge in [-0.15, -0.1) is 0 Å². The van der Waals surface area contributed by atoms with E-state index in [1.807, 2.05) is 32.9 Å². The van der Waals surface area contributed by atoms with Gasteiger partial charge in [0.05, 0.1) is 24.3 Å². The molecule has 40 heavy (non-hydrogen) atoms. The number of likely N-dealkylation sites (tertiary alicyclic amines) is 1. The van der Waals surface area contributed by atoms with Crippen LogP contribution in [0.4, 0.5) is 0 Å². The zero-order valence-electron chi connectivity index (χ0n) is 24.4. The van der Waals surface area contributed by atoms with E-state index in [0.29, 0.717) is 6.61 Å². The van der Waals surface area contributed by atoms with Gasteiger partial charge in [-0.25, -0.2) is 0 Å². The van der Waals surface area contributed by atoms with Gasteiger partial charge in [0.1, 0.15) is 23.9 Å². The summed E-state index contributed by atoms with van der Waals surface area (Å²) in [5, 5.41) is 7.41. The van der Waals surface area contributed by atoms with Crippen LogP contribution in [0.1, 0.15) is 72.7 Å². The van der Waals surface area contributed by atoms with E-state index < -0.39 is 0 Å². The maximum absolute atomic E-state index is 13.6. The highest BCUT2D eigenvalue weighted by Crippen LogP contribution is 2.38. The summed E-state index contributed by atoms with van der Waals surface area (Å²) in [6.07, 6.45) is 6.52. The van der Waals surface area contributed by atoms with Crippen LogP contribution >= 0.6 is 0 Å². The SMILES string of the molecule is COc1ccc(CN2CCC3(CCCCc4ccccc4OC[C@@H](C)NC3=O)CC2)cc1Cc1c(C)noc1C. The Balaban J connectivity index is 1.24. The fourth-order valence-corrected chi connectivity index (χ4v) is 6.26. The minimum Gasteiger partial charge on any atom is -0.496 e. The number of carbonyl (C=O) groups is 1. The Morgan fingerprint density at radius 3 is 2.65 bits per heavy atom. The lowest BCUT2D eigenvalue weighted by Gasteiger charge is -2.41. The number of nitrogens with one attached hydrogen (secondary N) is 1. The van der Waals surface area contributed by atoms with Crippen molar-refractivity contribution >= 4 is 5.91 Å². The lowest BCUT2D eigenvalue weighted by atomic mass is 9.73. The number of carbonyl (C=O) groups excluding carboxylic acids is 1. The molecule has 2 aliphatic heterocycles. The maximum Gasteiger partial charge on any atom is 0.226 e. The number of benzene rings is 2. The van der Waals surface area contributed by atoms with E-state index in [4.69, 9.17) is 14.0 Å². The molecule has 0 bridgehead atoms. The lowest BCUT2D eigenvalue weighted by Crippen LogP contribution is -2.51. The molecule has 2 aliphatic rings. The number of aromatic nitrogens is 1. The third-order valence-corrected chi connectivity index (χ3v) is 8.78. The molecule has 0 radical (unpaired) electrons. The first-order valence-electron chi connectivity index (χ1n) is 14.7. The van der Waals surface area contributed by atoms with Gasteiger partial charge in [0.25, 0.3) is 0 Å². The predicted octanol–water partition coefficient (Wildman–Crippen LogP) is 5.78. The Labute approximate surface area is 238 Å². The number of piperidine rings is 1. The molecule has 7 heteroatoms. The van der Waals surface area contributed by atoms with E-state index >= 15 is 0 Å². The molecule has 7 nitrogen and oxygen atoms in total. The maximum atomic E-state index is 13.6. The minimum atomic E-state index is -0.308. The van der Waals surface area contributed by atoms with Crippen molar-refractivity contribution in [2.45, 2.75) is 78.3 Å². The summed E-state index contributed by atoms with van der Waals surface area (Å²) in [6.45, 7) is 9.14. The fourth-order valence-electron chi connectivity index (χ4n) is 6.26. The monoisotopic (exact) mass is 545 g/mol. The molecule has 0 unspecified atom stereocenters. The quantitative estimate of drug-likeness (QED) is 0.438. The van der Waals surface area contributed by atoms with Gasteiger partial charge in [0.2, 0.25) is 5.91 Å². The summed E-state index contributed by atoms with van der Waals surface area (Å²) in [6, 6.07) is 14.7. The zero-order chi connectivity index (χ0) is 28.1. The average molecular weight is 546 g/mol. The second-order valence-corrected chi connectivity index (χ2v) is 11.7. The fraction of sp³-hybridized carbons (Fsp3) is 0.515. The van der Waals surface area contributed by atoms with Crippen molar-refractivity contribution in [3.63, 3.8) is 0 Å². The summed E-state index contributed by atoms with van der Waals surface area (Å²) in [7, 11) is 1.72. The number of fused-ring (bicyclic) bond motifs is 1. The summed E-state index contributed by atoms with van der Waals surface area (Å²) in [5.74, 6) is 2.88. The standard InChI is InChI=1S/C33H43N3O4/c1-23-22-39-31-11-6-5-9-27(31)10-7-8-14-33(32(37)34-23)15-17-36(18-16-33)21-26-12-13-30(38-4)28(19-26)20-29-24(2)35-40-25(29)3/h5-6,9,11-13,19,23H,7-8,10,14-18,20-22H2,1-4H3,(H,34,37)/t23-/m1/s1. The second-order valence-electron chi connectivity index (χ2n) is 11.7. The number of nitrogens with zero attached hydrogens (tertiary/aromatic N) is 2. The molecule has 0 saturated carbocycles. The van der Waals surface area contributed by atoms with Gasteiger partial charge < -0.3 is 19.3 Å². The lowest BCUT2D eigenvalue weighted by molar-refractivity contribution is -0.135. The van der Waals surface area contributed by atoms with Crippen molar-refractivity contribution in [3.05, 3.63) is 76.2 Å². The van der Waals surface area contributed by atoms with Crippen LogP contribution < -0.4 is 14.8 Å². The molecule has 0 aliphatic carbocycles. The average Bonchev–Trinajstić information content (AvgIpc) is 3.27. The molecule has 1 fully saturated rings. The molecule has 1 amide bonds. The van der Waals surface area contributed by atoms with Crippen LogP contribution in [0.2, 0.25) is 0 Å². The summed E-state index contributed by atoms with van der Waals surface area (Å²) in [4.78, 5) is 16.1. The molecule has 1 atom stereocenters. The summed E-state index contributed by atoms with van der Waals surface area (Å²) in [5.41, 5.74) is 5.39. The van der Waals surface area contributed by atoms with Crippen LogP contribution in [0, 0.1) is 19.3 Å². The smallest absolute Gasteiger partial charge is 0.226 e. The summed E-state index contributed by atoms with van der Waals surface area (Å²) >= 11 is 0. The zero-order valence-corrected chi connectivity index (χ0v) is 24.4. The highest BCUT2D eigenvalue weighted by atomic mass is 16.5. The van der Waals surface area contributed by atoms with Crippen LogP contribution in [-0.2, 0) is 24.2 Å². The Hall–Kier alpha value is -3.32. The van der Waals surface area contributed by atoms with Gasteiger partial charge >= 0.3 is 0 Å². The van der Waals surface area contributed by atoms with Crippen molar-refractivity contribution in [2.24, 2.45) is 5.41 Å². The van der Waals surface area contributed by atoms with Crippen molar-refractivity contribution in [1.82, 2.24) is 15.4 Å². The molecule has 1 N–H and O–H groups in total. The largest absolute Gasteiger partial charge is 0.496 e. The number of para-hydroxylation sites is 1. The molecule has 1 saturated heterocycles. The Morgan fingerprint density at radius 1 is 1.10 bits per heavy atom. The number of rotatable bonds is 5. The minimum absolute atomic E-state index is 0.0368. The normalized spacial score (nSPS) is 20.1. The van der Waals surface area contributed by atoms with Crippen LogP contribution in [0.5, 0.6) is 11.5 Å². The Morgan fingerprint density at radius 2 is 1.90 bits per heavy atom. The van der Waals surface area contributed by atoms with Crippen LogP contribution in [-0.4, -0.2) is 48.8 Å². The number of methoxy groups -OCH3 is 1. The van der Waals surface area contributed by atoms with Gasteiger partial charge in [-0.05, 0) is 94.8 Å². The number of hydrogen-bond donors (Lipinski definition) is 1. The highest BCUT2D eigenvalue weighted by molar-refractivity contribution is 5.83. The molecule has 3 aromatic rings. The van der Waals surface area contributed by atoms with E-state index in [1.54, 1.807) is 7.11 Å². The van der Waals surface area contributed by atoms with E-state index in [0.717, 1.165) is 98.7 Å². The number of ether oxygens (including phenoxy) is 2. The number of aryl methyl sites for hydroxylation is 3. The predicted molar refractivity (Wildman–Crippen MR) is 156 cm³/mol. The topological polar surface area (TPSA) is 76.8 Å². The third-order valence-electron chi connectivity index (χ3n) is 8.78. The molecular formula is C33H43N3O4. The van der Waals surface area contributed by atoms with Gasteiger partial charge in [0.15, 0.2) is 0 Å². The van der Waals surface area contributed by atoms with Crippen LogP contribution in [0.3, 0.4) is 0 Å². The Bertz CT molecular complexity index is 1290. The number of hydrogen-bond acceptors (Lipinski definition) is 6. The van der Waals surface area contributed by atoms with E-state index in [-0.39, 0.29) is 17.4 Å². The van der Waals surface area contributed by atoms with E-state index in [2.05, 4.69) is 45.7 Å². The first-order chi connectivity index (χ1) is 19.4. The van der Waals surface area contributed by atoms with Crippen LogP contribution in [0.15, 0.2) is 47.0 Å². The van der Waals surface area contributed by atoms with Crippen molar-refractivity contribution in [1.29, 1.82) is 0 Å². The first-order valence-corrected chi connectivity index (χ1v) is 14.7. The molecule has 1 spiro atoms. The molecular weight excluding hydrogens is 502 g/mol. The molecule has 214 valence electrons. The Kier molecular flexibility index (Phi) is 8.79. The molecule has 5 rings (SSSR count). The van der Waals surface area contributed by atoms with Crippen molar-refractivity contribution in [2.75, 3.05) is 26.8 Å². The van der Waals surface area contributed by atoms with Gasteiger partial charge in [-0.3, -0.25) is 9.69 Å². The van der Waals surface area contributed by atoms with E-state index in [9.17, 15) is 4.79 Å². The first kappa shape index (κ1) is 28.2. The molecule has 3 heterocycles. The second kappa shape index (κ2) is 12.5. The van der Waals surface area contributed by atoms with Gasteiger partial charge in [-0.1, -0.05) is 41.9 Å². The molecule has 2 aromatic carbocycles. The third kappa shape index (κ3) is 6.35. The van der Waals surface area contributed by atoms with Crippen LogP contribution in [0.25, 0.3) is 0 Å². The number of amides is 1. The van der Waals surface area contributed by atoms with Gasteiger partial charge in [-0.2, -0.15) is 0 Å². The van der Waals surface area contributed by atoms with E-state index in [1.165, 1.54) is 11.1 Å².